The number of aliphatic hydroxyl groups is 1. The number of benzene rings is 2. The Hall–Kier alpha value is -6.80. The topological polar surface area (TPSA) is 231 Å². The highest BCUT2D eigenvalue weighted by Crippen LogP contribution is 2.39. The molecule has 358 valence electrons. The van der Waals surface area contributed by atoms with Crippen LogP contribution < -0.4 is 16.0 Å². The van der Waals surface area contributed by atoms with E-state index in [2.05, 4.69) is 92.3 Å². The maximum Gasteiger partial charge on any atom is 0.407 e. The molecule has 5 aromatic rings. The fourth-order valence-corrected chi connectivity index (χ4v) is 10.1. The van der Waals surface area contributed by atoms with E-state index in [4.69, 9.17) is 14.7 Å². The van der Waals surface area contributed by atoms with Gasteiger partial charge in [-0.3, -0.25) is 19.4 Å². The number of H-pyrrole nitrogens is 1. The van der Waals surface area contributed by atoms with Gasteiger partial charge in [-0.15, -0.1) is 10.2 Å². The highest BCUT2D eigenvalue weighted by molar-refractivity contribution is 6.88. The maximum atomic E-state index is 14.2. The van der Waals surface area contributed by atoms with Gasteiger partial charge in [0, 0.05) is 43.8 Å². The lowest BCUT2D eigenvalue weighted by molar-refractivity contribution is -0.139. The van der Waals surface area contributed by atoms with Crippen LogP contribution in [0.2, 0.25) is 19.6 Å². The third-order valence-electron chi connectivity index (χ3n) is 13.2. The summed E-state index contributed by atoms with van der Waals surface area (Å²) in [5.74, 6) is -0.813. The fourth-order valence-electron chi connectivity index (χ4n) is 9.27. The van der Waals surface area contributed by atoms with Gasteiger partial charge in [0.25, 0.3) is 0 Å². The Labute approximate surface area is 396 Å². The molecule has 0 saturated carbocycles. The van der Waals surface area contributed by atoms with E-state index in [-0.39, 0.29) is 41.8 Å². The van der Waals surface area contributed by atoms with E-state index >= 15 is 0 Å². The zero-order valence-electron chi connectivity index (χ0n) is 39.8. The molecule has 2 unspecified atom stereocenters. The Morgan fingerprint density at radius 1 is 0.809 bits per heavy atom. The molecule has 4 amide bonds. The number of likely N-dealkylation sites (tertiary alicyclic amines) is 2. The molecule has 20 heteroatoms. The van der Waals surface area contributed by atoms with Crippen molar-refractivity contribution in [1.29, 1.82) is 0 Å². The molecule has 2 aromatic carbocycles. The van der Waals surface area contributed by atoms with Gasteiger partial charge in [-0.2, -0.15) is 0 Å². The van der Waals surface area contributed by atoms with Crippen molar-refractivity contribution in [1.82, 2.24) is 60.4 Å². The van der Waals surface area contributed by atoms with E-state index in [0.717, 1.165) is 44.5 Å². The van der Waals surface area contributed by atoms with Crippen molar-refractivity contribution < 1.29 is 29.0 Å². The quantitative estimate of drug-likeness (QED) is 0.107. The van der Waals surface area contributed by atoms with Gasteiger partial charge in [-0.05, 0) is 52.5 Å². The predicted molar refractivity (Wildman–Crippen MR) is 258 cm³/mol. The van der Waals surface area contributed by atoms with Crippen LogP contribution >= 0.6 is 0 Å². The number of carbonyl (C=O) groups is 4. The molecule has 0 spiro atoms. The molecule has 6 atom stereocenters. The lowest BCUT2D eigenvalue weighted by Crippen LogP contribution is -2.53. The van der Waals surface area contributed by atoms with Gasteiger partial charge in [0.15, 0.2) is 0 Å². The number of aromatic nitrogens is 8. The largest absolute Gasteiger partial charge is 0.453 e. The third kappa shape index (κ3) is 10.1. The average Bonchev–Trinajstić information content (AvgIpc) is 4.18. The second-order valence-corrected chi connectivity index (χ2v) is 24.6. The summed E-state index contributed by atoms with van der Waals surface area (Å²) in [7, 11) is -0.450. The molecule has 3 aromatic heterocycles. The number of ether oxygens (including phenoxy) is 1. The minimum Gasteiger partial charge on any atom is -0.453 e. The predicted octanol–water partition coefficient (Wildman–Crippen LogP) is 4.53. The average molecular weight is 944 g/mol. The van der Waals surface area contributed by atoms with Crippen molar-refractivity contribution in [3.05, 3.63) is 90.9 Å². The summed E-state index contributed by atoms with van der Waals surface area (Å²) in [6, 6.07) is 14.0. The number of nitrogens with one attached hydrogen (secondary N) is 3. The van der Waals surface area contributed by atoms with Crippen molar-refractivity contribution in [3.63, 3.8) is 0 Å². The fraction of sp³-hybridized carbons (Fsp3) is 0.458. The number of aliphatic imine (C=N–C) groups is 1. The molecule has 2 saturated heterocycles. The van der Waals surface area contributed by atoms with Crippen LogP contribution in [0.3, 0.4) is 0 Å². The van der Waals surface area contributed by atoms with Gasteiger partial charge in [0.1, 0.15) is 32.6 Å². The number of methoxy groups -OCH3 is 1. The first-order valence-corrected chi connectivity index (χ1v) is 26.7. The lowest BCUT2D eigenvalue weighted by atomic mass is 9.95. The van der Waals surface area contributed by atoms with Crippen LogP contribution in [0, 0.1) is 11.8 Å². The molecule has 2 fully saturated rings. The second-order valence-electron chi connectivity index (χ2n) is 19.6. The summed E-state index contributed by atoms with van der Waals surface area (Å²) in [4.78, 5) is 69.6. The van der Waals surface area contributed by atoms with Gasteiger partial charge in [0.05, 0.1) is 54.7 Å². The molecule has 0 radical (unpaired) electrons. The SMILES string of the molecule is COC(=O)N[C@H](C(=O)N1C[C@H](n2ccnn2)CC1C1=NC=C(c2ccc(-c3ccc(-c4cnc(C5C[C@@H](n6cc([Si](C)(C)C)nn6)CN5C(=O)[C@@H](NC(=O)CO)C(C)C)[nH]4)cc3)cc2)C1)C(C)C. The summed E-state index contributed by atoms with van der Waals surface area (Å²) in [6.07, 6.45) is 10.2. The minimum absolute atomic E-state index is 0.0987. The molecule has 0 bridgehead atoms. The highest BCUT2D eigenvalue weighted by Gasteiger charge is 2.44. The third-order valence-corrected chi connectivity index (χ3v) is 15.0. The van der Waals surface area contributed by atoms with Crippen molar-refractivity contribution in [3.8, 4) is 22.4 Å². The van der Waals surface area contributed by atoms with E-state index in [0.29, 0.717) is 38.2 Å². The summed E-state index contributed by atoms with van der Waals surface area (Å²) < 4.78 is 8.47. The normalized spacial score (nSPS) is 20.4. The summed E-state index contributed by atoms with van der Waals surface area (Å²) >= 11 is 0. The number of amides is 4. The first-order chi connectivity index (χ1) is 32.5. The van der Waals surface area contributed by atoms with Crippen LogP contribution in [0.5, 0.6) is 0 Å². The van der Waals surface area contributed by atoms with E-state index in [1.165, 1.54) is 7.11 Å². The van der Waals surface area contributed by atoms with Crippen LogP contribution in [-0.2, 0) is 19.1 Å². The Kier molecular flexibility index (Phi) is 13.9. The maximum absolute atomic E-state index is 14.2. The second kappa shape index (κ2) is 19.8. The number of hydrogen-bond acceptors (Lipinski definition) is 12. The molecule has 8 rings (SSSR count). The van der Waals surface area contributed by atoms with E-state index in [1.807, 2.05) is 61.8 Å². The van der Waals surface area contributed by atoms with Crippen LogP contribution in [0.15, 0.2) is 84.5 Å². The van der Waals surface area contributed by atoms with Crippen LogP contribution in [-0.4, -0.2) is 137 Å². The van der Waals surface area contributed by atoms with Crippen molar-refractivity contribution in [2.24, 2.45) is 16.8 Å². The number of allylic oxidation sites excluding steroid dienone is 1. The number of aromatic amines is 1. The minimum atomic E-state index is -1.73. The first kappa shape index (κ1) is 47.7. The van der Waals surface area contributed by atoms with E-state index in [9.17, 15) is 24.3 Å². The molecule has 68 heavy (non-hydrogen) atoms. The van der Waals surface area contributed by atoms with Crippen molar-refractivity contribution in [2.75, 3.05) is 26.8 Å². The zero-order chi connectivity index (χ0) is 48.4. The number of alkyl carbamates (subject to hydrolysis) is 1. The molecular formula is C48H61N13O6Si. The molecule has 19 nitrogen and oxygen atoms in total. The number of nitrogens with zero attached hydrogens (tertiary/aromatic N) is 10. The summed E-state index contributed by atoms with van der Waals surface area (Å²) in [5, 5.41) is 33.1. The van der Waals surface area contributed by atoms with E-state index in [1.54, 1.807) is 28.2 Å². The monoisotopic (exact) mass is 943 g/mol. The van der Waals surface area contributed by atoms with Crippen LogP contribution in [0.1, 0.15) is 76.5 Å². The number of carbonyl (C=O) groups excluding carboxylic acids is 4. The molecule has 4 N–H and O–H groups in total. The molecule has 3 aliphatic heterocycles. The Morgan fingerprint density at radius 2 is 1.40 bits per heavy atom. The van der Waals surface area contributed by atoms with E-state index < -0.39 is 44.8 Å². The molecule has 6 heterocycles. The van der Waals surface area contributed by atoms with Crippen molar-refractivity contribution >= 4 is 48.5 Å². The summed E-state index contributed by atoms with van der Waals surface area (Å²) in [6.45, 7) is 14.2. The molecule has 3 aliphatic rings. The lowest BCUT2D eigenvalue weighted by Gasteiger charge is -2.31. The highest BCUT2D eigenvalue weighted by atomic mass is 28.3. The Bertz CT molecular complexity index is 2670. The van der Waals surface area contributed by atoms with Gasteiger partial charge in [-0.25, -0.2) is 19.1 Å². The molecule has 0 aliphatic carbocycles. The van der Waals surface area contributed by atoms with Gasteiger partial charge in [-0.1, -0.05) is 106 Å². The van der Waals surface area contributed by atoms with Gasteiger partial charge >= 0.3 is 6.09 Å². The first-order valence-electron chi connectivity index (χ1n) is 23.2. The zero-order valence-corrected chi connectivity index (χ0v) is 40.8. The molecular weight excluding hydrogens is 883 g/mol. The van der Waals surface area contributed by atoms with Crippen LogP contribution in [0.4, 0.5) is 4.79 Å². The number of rotatable bonds is 15. The number of hydrogen-bond donors (Lipinski definition) is 4. The number of aliphatic hydroxyl groups excluding tert-OH is 1. The standard InChI is InChI=1S/C48H61N13O6Si/c1-28(2)43(53-41(63)27-62)46(64)59-25-36(61-26-42(55-57-61)68(6,7)8)21-40(59)45-50-23-38(52-45)33-15-13-31(14-16-33)30-9-11-32(12-10-30)34-19-37(49-22-34)39-20-35(60-18-17-51-56-60)24-58(39)47(65)44(29(3)4)54-48(66)67-5/h9-18,22-23,26,28-29,35-36,39-40,43-44,62H,19-21,24-25,27H2,1-8H3,(H,50,52)(H,53,63)(H,54,66)/t35-,36-,39?,40?,43+,44+/m1/s1. The van der Waals surface area contributed by atoms with Crippen LogP contribution in [0.25, 0.3) is 28.0 Å². The van der Waals surface area contributed by atoms with Gasteiger partial charge < -0.3 is 35.3 Å². The Balaban J connectivity index is 0.954. The smallest absolute Gasteiger partial charge is 0.407 e. The summed E-state index contributed by atoms with van der Waals surface area (Å²) in [5.41, 5.74) is 6.74. The van der Waals surface area contributed by atoms with Gasteiger partial charge in [0.2, 0.25) is 17.7 Å². The van der Waals surface area contributed by atoms with Crippen molar-refractivity contribution in [2.45, 2.75) is 103 Å². The number of imidazole rings is 1. The Morgan fingerprint density at radius 3 is 1.97 bits per heavy atom.